The van der Waals surface area contributed by atoms with E-state index in [9.17, 15) is 4.79 Å². The number of benzene rings is 3. The summed E-state index contributed by atoms with van der Waals surface area (Å²) in [6.07, 6.45) is 0. The zero-order valence-electron chi connectivity index (χ0n) is 16.7. The summed E-state index contributed by atoms with van der Waals surface area (Å²) in [5.74, 6) is 0.856. The monoisotopic (exact) mass is 373 g/mol. The van der Waals surface area contributed by atoms with E-state index in [1.165, 1.54) is 0 Å². The Labute approximate surface area is 167 Å². The number of nitrogens with zero attached hydrogens (tertiary/aromatic N) is 1. The van der Waals surface area contributed by atoms with Crippen LogP contribution in [-0.2, 0) is 11.3 Å². The normalized spacial score (nSPS) is 10.9. The Hall–Kier alpha value is -3.07. The maximum absolute atomic E-state index is 13.3. The number of carbonyl (C=O) groups is 1. The lowest BCUT2D eigenvalue weighted by atomic mass is 9.95. The highest BCUT2D eigenvalue weighted by Crippen LogP contribution is 2.31. The van der Waals surface area contributed by atoms with Crippen LogP contribution in [0, 0.1) is 5.92 Å². The fourth-order valence-electron chi connectivity index (χ4n) is 3.38. The first kappa shape index (κ1) is 19.7. The Balaban J connectivity index is 2.04. The van der Waals surface area contributed by atoms with Crippen molar-refractivity contribution < 1.29 is 9.53 Å². The van der Waals surface area contributed by atoms with E-state index < -0.39 is 0 Å². The van der Waals surface area contributed by atoms with Crippen LogP contribution < -0.4 is 4.74 Å². The van der Waals surface area contributed by atoms with E-state index in [2.05, 4.69) is 24.3 Å². The summed E-state index contributed by atoms with van der Waals surface area (Å²) in [6.45, 7) is 4.45. The van der Waals surface area contributed by atoms with Gasteiger partial charge in [0.15, 0.2) is 0 Å². The molecule has 0 spiro atoms. The molecule has 0 saturated heterocycles. The fourth-order valence-corrected chi connectivity index (χ4v) is 3.38. The molecule has 144 valence electrons. The number of ether oxygens (including phenoxy) is 1. The second-order valence-corrected chi connectivity index (χ2v) is 7.19. The van der Waals surface area contributed by atoms with Gasteiger partial charge < -0.3 is 9.64 Å². The second kappa shape index (κ2) is 9.23. The van der Waals surface area contributed by atoms with Crippen molar-refractivity contribution in [2.75, 3.05) is 7.11 Å². The maximum atomic E-state index is 13.3. The fraction of sp³-hybridized carbons (Fsp3) is 0.240. The van der Waals surface area contributed by atoms with Gasteiger partial charge in [0.25, 0.3) is 0 Å². The van der Waals surface area contributed by atoms with Crippen molar-refractivity contribution in [3.63, 3.8) is 0 Å². The lowest BCUT2D eigenvalue weighted by Crippen LogP contribution is -2.37. The van der Waals surface area contributed by atoms with Gasteiger partial charge in [0.05, 0.1) is 13.2 Å². The highest BCUT2D eigenvalue weighted by molar-refractivity contribution is 5.79. The number of rotatable bonds is 7. The number of methoxy groups -OCH3 is 1. The smallest absolute Gasteiger partial charge is 0.226 e. The zero-order valence-corrected chi connectivity index (χ0v) is 16.7. The van der Waals surface area contributed by atoms with Crippen LogP contribution in [-0.4, -0.2) is 17.9 Å². The largest absolute Gasteiger partial charge is 0.497 e. The molecule has 3 nitrogen and oxygen atoms in total. The number of carbonyl (C=O) groups excluding carboxylic acids is 1. The van der Waals surface area contributed by atoms with Crippen molar-refractivity contribution in [2.24, 2.45) is 5.92 Å². The minimum Gasteiger partial charge on any atom is -0.497 e. The van der Waals surface area contributed by atoms with Gasteiger partial charge in [-0.2, -0.15) is 0 Å². The number of hydrogen-bond donors (Lipinski definition) is 0. The van der Waals surface area contributed by atoms with Gasteiger partial charge in [-0.25, -0.2) is 0 Å². The molecule has 3 rings (SSSR count). The molecule has 28 heavy (non-hydrogen) atoms. The van der Waals surface area contributed by atoms with E-state index in [-0.39, 0.29) is 17.9 Å². The third-order valence-corrected chi connectivity index (χ3v) is 4.83. The highest BCUT2D eigenvalue weighted by atomic mass is 16.5. The molecule has 0 aliphatic heterocycles. The van der Waals surface area contributed by atoms with E-state index >= 15 is 0 Å². The number of hydrogen-bond acceptors (Lipinski definition) is 2. The quantitative estimate of drug-likeness (QED) is 0.550. The Morgan fingerprint density at radius 3 is 1.75 bits per heavy atom. The molecule has 0 saturated carbocycles. The van der Waals surface area contributed by atoms with Gasteiger partial charge in [-0.3, -0.25) is 4.79 Å². The van der Waals surface area contributed by atoms with Gasteiger partial charge in [-0.1, -0.05) is 86.6 Å². The van der Waals surface area contributed by atoms with Crippen LogP contribution in [0.1, 0.15) is 36.6 Å². The maximum Gasteiger partial charge on any atom is 0.226 e. The van der Waals surface area contributed by atoms with Crippen LogP contribution in [0.25, 0.3) is 0 Å². The molecule has 0 heterocycles. The average molecular weight is 373 g/mol. The Bertz CT molecular complexity index is 834. The molecule has 0 unspecified atom stereocenters. The van der Waals surface area contributed by atoms with E-state index in [1.807, 2.05) is 79.4 Å². The highest BCUT2D eigenvalue weighted by Gasteiger charge is 2.28. The molecule has 0 aliphatic carbocycles. The van der Waals surface area contributed by atoms with Gasteiger partial charge >= 0.3 is 0 Å². The summed E-state index contributed by atoms with van der Waals surface area (Å²) in [5, 5.41) is 0. The summed E-state index contributed by atoms with van der Waals surface area (Å²) in [5.41, 5.74) is 3.29. The molecule has 3 aromatic carbocycles. The van der Waals surface area contributed by atoms with Gasteiger partial charge in [0, 0.05) is 12.5 Å². The molecule has 0 N–H and O–H groups in total. The van der Waals surface area contributed by atoms with Crippen LogP contribution in [0.2, 0.25) is 0 Å². The van der Waals surface area contributed by atoms with Gasteiger partial charge in [-0.05, 0) is 28.8 Å². The van der Waals surface area contributed by atoms with Crippen molar-refractivity contribution >= 4 is 5.91 Å². The molecule has 0 atom stereocenters. The molecule has 0 aromatic heterocycles. The van der Waals surface area contributed by atoms with Gasteiger partial charge in [0.2, 0.25) is 5.91 Å². The van der Waals surface area contributed by atoms with Crippen molar-refractivity contribution in [1.29, 1.82) is 0 Å². The van der Waals surface area contributed by atoms with Crippen LogP contribution in [0.15, 0.2) is 84.9 Å². The first-order valence-corrected chi connectivity index (χ1v) is 9.63. The van der Waals surface area contributed by atoms with Crippen LogP contribution in [0.3, 0.4) is 0 Å². The second-order valence-electron chi connectivity index (χ2n) is 7.19. The van der Waals surface area contributed by atoms with Crippen LogP contribution in [0.5, 0.6) is 5.75 Å². The molecule has 0 radical (unpaired) electrons. The zero-order chi connectivity index (χ0) is 19.9. The Morgan fingerprint density at radius 1 is 0.821 bits per heavy atom. The third-order valence-electron chi connectivity index (χ3n) is 4.83. The van der Waals surface area contributed by atoms with E-state index in [0.717, 1.165) is 22.4 Å². The Morgan fingerprint density at radius 2 is 1.32 bits per heavy atom. The lowest BCUT2D eigenvalue weighted by molar-refractivity contribution is -0.137. The molecule has 3 heteroatoms. The van der Waals surface area contributed by atoms with Crippen LogP contribution in [0.4, 0.5) is 0 Å². The minimum atomic E-state index is -0.139. The first-order chi connectivity index (χ1) is 13.6. The summed E-state index contributed by atoms with van der Waals surface area (Å²) in [6, 6.07) is 28.2. The summed E-state index contributed by atoms with van der Waals surface area (Å²) < 4.78 is 5.27. The SMILES string of the molecule is COc1ccc(CN(C(=O)C(C)C)C(c2ccccc2)c2ccccc2)cc1. The molecular formula is C25H27NO2. The molecule has 3 aromatic rings. The number of amides is 1. The van der Waals surface area contributed by atoms with E-state index in [0.29, 0.717) is 6.54 Å². The molecular weight excluding hydrogens is 346 g/mol. The van der Waals surface area contributed by atoms with E-state index in [1.54, 1.807) is 7.11 Å². The predicted molar refractivity (Wildman–Crippen MR) is 113 cm³/mol. The summed E-state index contributed by atoms with van der Waals surface area (Å²) >= 11 is 0. The molecule has 1 amide bonds. The topological polar surface area (TPSA) is 29.5 Å². The van der Waals surface area contributed by atoms with Gasteiger partial charge in [0.1, 0.15) is 5.75 Å². The first-order valence-electron chi connectivity index (χ1n) is 9.63. The van der Waals surface area contributed by atoms with Crippen molar-refractivity contribution in [1.82, 2.24) is 4.90 Å². The Kier molecular flexibility index (Phi) is 6.49. The lowest BCUT2D eigenvalue weighted by Gasteiger charge is -2.34. The summed E-state index contributed by atoms with van der Waals surface area (Å²) in [4.78, 5) is 15.2. The molecule has 0 aliphatic rings. The predicted octanol–water partition coefficient (Wildman–Crippen LogP) is 5.47. The minimum absolute atomic E-state index is 0.0897. The molecule has 0 fully saturated rings. The third kappa shape index (κ3) is 4.61. The van der Waals surface area contributed by atoms with Gasteiger partial charge in [-0.15, -0.1) is 0 Å². The summed E-state index contributed by atoms with van der Waals surface area (Å²) in [7, 11) is 1.66. The van der Waals surface area contributed by atoms with E-state index in [4.69, 9.17) is 4.74 Å². The average Bonchev–Trinajstić information content (AvgIpc) is 2.74. The van der Waals surface area contributed by atoms with Crippen LogP contribution >= 0.6 is 0 Å². The molecule has 0 bridgehead atoms. The van der Waals surface area contributed by atoms with Crippen molar-refractivity contribution in [2.45, 2.75) is 26.4 Å². The standard InChI is InChI=1S/C25H27NO2/c1-19(2)25(27)26(18-20-14-16-23(28-3)17-15-20)24(21-10-6-4-7-11-21)22-12-8-5-9-13-22/h4-17,19,24H,18H2,1-3H3. The van der Waals surface area contributed by atoms with Crippen molar-refractivity contribution in [3.05, 3.63) is 102 Å². The van der Waals surface area contributed by atoms with Crippen molar-refractivity contribution in [3.8, 4) is 5.75 Å².